The van der Waals surface area contributed by atoms with Gasteiger partial charge in [0.25, 0.3) is 0 Å². The quantitative estimate of drug-likeness (QED) is 0.570. The van der Waals surface area contributed by atoms with Crippen molar-refractivity contribution in [3.05, 3.63) is 36.7 Å². The van der Waals surface area contributed by atoms with E-state index >= 15 is 0 Å². The second-order valence-corrected chi connectivity index (χ2v) is 3.05. The number of hydrazone groups is 1. The van der Waals surface area contributed by atoms with E-state index in [2.05, 4.69) is 25.5 Å². The third kappa shape index (κ3) is 2.38. The minimum atomic E-state index is 0.470. The van der Waals surface area contributed by atoms with Crippen molar-refractivity contribution in [2.75, 3.05) is 0 Å². The van der Waals surface area contributed by atoms with Gasteiger partial charge in [-0.25, -0.2) is 5.01 Å². The molecule has 0 unspecified atom stereocenters. The third-order valence-electron chi connectivity index (χ3n) is 1.41. The standard InChI is InChI=1S/C10H14N2/c1-9(2)8-11-12-7-5-4-6-10(12)3/h4-9H,3H2,1-2H3/b11-8+. The molecule has 0 spiro atoms. The summed E-state index contributed by atoms with van der Waals surface area (Å²) in [5.41, 5.74) is 0.898. The zero-order valence-electron chi connectivity index (χ0n) is 7.57. The minimum Gasteiger partial charge on any atom is -0.242 e. The Morgan fingerprint density at radius 2 is 2.25 bits per heavy atom. The van der Waals surface area contributed by atoms with Crippen LogP contribution in [-0.4, -0.2) is 11.2 Å². The molecule has 1 aliphatic heterocycles. The zero-order chi connectivity index (χ0) is 8.97. The van der Waals surface area contributed by atoms with Gasteiger partial charge in [-0.1, -0.05) is 26.5 Å². The monoisotopic (exact) mass is 162 g/mol. The van der Waals surface area contributed by atoms with Crippen LogP contribution in [0, 0.1) is 5.92 Å². The van der Waals surface area contributed by atoms with Crippen LogP contribution < -0.4 is 0 Å². The molecule has 0 atom stereocenters. The number of rotatable bonds is 2. The van der Waals surface area contributed by atoms with Crippen molar-refractivity contribution in [3.63, 3.8) is 0 Å². The molecule has 0 aromatic carbocycles. The fourth-order valence-electron chi connectivity index (χ4n) is 0.788. The van der Waals surface area contributed by atoms with Crippen molar-refractivity contribution in [3.8, 4) is 0 Å². The Morgan fingerprint density at radius 1 is 1.50 bits per heavy atom. The summed E-state index contributed by atoms with van der Waals surface area (Å²) in [6.07, 6.45) is 9.60. The normalized spacial score (nSPS) is 16.9. The Balaban J connectivity index is 2.59. The van der Waals surface area contributed by atoms with Gasteiger partial charge in [0.05, 0.1) is 5.70 Å². The van der Waals surface area contributed by atoms with Crippen LogP contribution in [0.3, 0.4) is 0 Å². The molecule has 2 nitrogen and oxygen atoms in total. The van der Waals surface area contributed by atoms with Gasteiger partial charge in [-0.3, -0.25) is 0 Å². The lowest BCUT2D eigenvalue weighted by Gasteiger charge is -2.16. The third-order valence-corrected chi connectivity index (χ3v) is 1.41. The molecule has 0 aromatic heterocycles. The highest BCUT2D eigenvalue weighted by atomic mass is 15.4. The molecule has 1 rings (SSSR count). The van der Waals surface area contributed by atoms with Gasteiger partial charge < -0.3 is 0 Å². The average Bonchev–Trinajstić information content (AvgIpc) is 2.03. The summed E-state index contributed by atoms with van der Waals surface area (Å²) < 4.78 is 0. The maximum atomic E-state index is 4.23. The largest absolute Gasteiger partial charge is 0.242 e. The summed E-state index contributed by atoms with van der Waals surface area (Å²) in [5.74, 6) is 0.470. The van der Waals surface area contributed by atoms with Gasteiger partial charge >= 0.3 is 0 Å². The maximum Gasteiger partial charge on any atom is 0.0573 e. The lowest BCUT2D eigenvalue weighted by atomic mass is 10.2. The molecule has 0 bridgehead atoms. The molecule has 64 valence electrons. The van der Waals surface area contributed by atoms with Gasteiger partial charge in [0, 0.05) is 12.4 Å². The van der Waals surface area contributed by atoms with Crippen molar-refractivity contribution in [1.82, 2.24) is 5.01 Å². The van der Waals surface area contributed by atoms with E-state index in [-0.39, 0.29) is 0 Å². The average molecular weight is 162 g/mol. The van der Waals surface area contributed by atoms with Gasteiger partial charge in [0.1, 0.15) is 0 Å². The summed E-state index contributed by atoms with van der Waals surface area (Å²) in [7, 11) is 0. The Morgan fingerprint density at radius 3 is 2.83 bits per heavy atom. The first-order chi connectivity index (χ1) is 5.70. The number of allylic oxidation sites excluding steroid dienone is 3. The van der Waals surface area contributed by atoms with E-state index in [4.69, 9.17) is 0 Å². The first kappa shape index (κ1) is 8.78. The smallest absolute Gasteiger partial charge is 0.0573 e. The molecule has 0 saturated heterocycles. The predicted molar refractivity (Wildman–Crippen MR) is 52.6 cm³/mol. The molecule has 0 aliphatic carbocycles. The Bertz CT molecular complexity index is 247. The molecule has 0 radical (unpaired) electrons. The predicted octanol–water partition coefficient (Wildman–Crippen LogP) is 2.53. The molecule has 2 heteroatoms. The van der Waals surface area contributed by atoms with E-state index in [1.165, 1.54) is 0 Å². The van der Waals surface area contributed by atoms with Gasteiger partial charge in [-0.2, -0.15) is 5.10 Å². The van der Waals surface area contributed by atoms with Crippen LogP contribution in [0.2, 0.25) is 0 Å². The zero-order valence-corrected chi connectivity index (χ0v) is 7.57. The molecule has 0 saturated carbocycles. The van der Waals surface area contributed by atoms with Crippen LogP contribution in [0.15, 0.2) is 41.8 Å². The summed E-state index contributed by atoms with van der Waals surface area (Å²) >= 11 is 0. The van der Waals surface area contributed by atoms with Gasteiger partial charge in [-0.05, 0) is 18.1 Å². The van der Waals surface area contributed by atoms with E-state index in [1.54, 1.807) is 5.01 Å². The van der Waals surface area contributed by atoms with Crippen LogP contribution in [0.25, 0.3) is 0 Å². The lowest BCUT2D eigenvalue weighted by molar-refractivity contribution is 0.511. The maximum absolute atomic E-state index is 4.23. The molecule has 0 amide bonds. The first-order valence-corrected chi connectivity index (χ1v) is 4.07. The van der Waals surface area contributed by atoms with E-state index in [0.717, 1.165) is 5.70 Å². The number of hydrogen-bond donors (Lipinski definition) is 0. The second kappa shape index (κ2) is 3.90. The highest BCUT2D eigenvalue weighted by molar-refractivity contribution is 5.59. The highest BCUT2D eigenvalue weighted by Crippen LogP contribution is 2.09. The van der Waals surface area contributed by atoms with Crippen molar-refractivity contribution in [2.24, 2.45) is 11.0 Å². The van der Waals surface area contributed by atoms with E-state index < -0.39 is 0 Å². The minimum absolute atomic E-state index is 0.470. The molecular weight excluding hydrogens is 148 g/mol. The van der Waals surface area contributed by atoms with Gasteiger partial charge in [-0.15, -0.1) is 0 Å². The van der Waals surface area contributed by atoms with Gasteiger partial charge in [0.2, 0.25) is 0 Å². The fraction of sp³-hybridized carbons (Fsp3) is 0.300. The van der Waals surface area contributed by atoms with Crippen LogP contribution in [0.1, 0.15) is 13.8 Å². The SMILES string of the molecule is C=C1C=CC=CN1/N=C/C(C)C. The molecule has 1 heterocycles. The van der Waals surface area contributed by atoms with E-state index in [0.29, 0.717) is 5.92 Å². The Labute approximate surface area is 73.6 Å². The summed E-state index contributed by atoms with van der Waals surface area (Å²) in [6.45, 7) is 8.03. The first-order valence-electron chi connectivity index (χ1n) is 4.07. The lowest BCUT2D eigenvalue weighted by Crippen LogP contribution is -2.09. The summed E-state index contributed by atoms with van der Waals surface area (Å²) in [5, 5.41) is 6.00. The van der Waals surface area contributed by atoms with E-state index in [9.17, 15) is 0 Å². The van der Waals surface area contributed by atoms with Crippen LogP contribution in [0.5, 0.6) is 0 Å². The topological polar surface area (TPSA) is 15.6 Å². The molecule has 1 aliphatic rings. The van der Waals surface area contributed by atoms with Crippen molar-refractivity contribution < 1.29 is 0 Å². The van der Waals surface area contributed by atoms with Crippen LogP contribution >= 0.6 is 0 Å². The van der Waals surface area contributed by atoms with Crippen molar-refractivity contribution >= 4 is 6.21 Å². The Hall–Kier alpha value is -1.31. The molecule has 12 heavy (non-hydrogen) atoms. The van der Waals surface area contributed by atoms with Gasteiger partial charge in [0.15, 0.2) is 0 Å². The molecular formula is C10H14N2. The fourth-order valence-corrected chi connectivity index (χ4v) is 0.788. The van der Waals surface area contributed by atoms with Crippen LogP contribution in [0.4, 0.5) is 0 Å². The summed E-state index contributed by atoms with van der Waals surface area (Å²) in [4.78, 5) is 0. The second-order valence-electron chi connectivity index (χ2n) is 3.05. The molecule has 0 N–H and O–H groups in total. The highest BCUT2D eigenvalue weighted by Gasteiger charge is 2.00. The van der Waals surface area contributed by atoms with Crippen molar-refractivity contribution in [1.29, 1.82) is 0 Å². The van der Waals surface area contributed by atoms with Crippen LogP contribution in [-0.2, 0) is 0 Å². The number of hydrogen-bond acceptors (Lipinski definition) is 2. The Kier molecular flexibility index (Phi) is 2.86. The molecule has 0 aromatic rings. The number of nitrogens with zero attached hydrogens (tertiary/aromatic N) is 2. The van der Waals surface area contributed by atoms with E-state index in [1.807, 2.05) is 30.6 Å². The summed E-state index contributed by atoms with van der Waals surface area (Å²) in [6, 6.07) is 0. The molecule has 0 fully saturated rings. The van der Waals surface area contributed by atoms with Crippen molar-refractivity contribution in [2.45, 2.75) is 13.8 Å².